The Morgan fingerprint density at radius 2 is 1.41 bits per heavy atom. The van der Waals surface area contributed by atoms with Crippen molar-refractivity contribution in [3.8, 4) is 17.1 Å². The van der Waals surface area contributed by atoms with Crippen molar-refractivity contribution in [3.05, 3.63) is 63.4 Å². The Hall–Kier alpha value is -2.33. The smallest absolute Gasteiger partial charge is 0.268 e. The second kappa shape index (κ2) is 6.68. The zero-order valence-corrected chi connectivity index (χ0v) is 14.6. The van der Waals surface area contributed by atoms with Crippen molar-refractivity contribution in [2.45, 2.75) is 12.4 Å². The lowest BCUT2D eigenvalue weighted by Crippen LogP contribution is -2.12. The van der Waals surface area contributed by atoms with Crippen LogP contribution in [0.1, 0.15) is 11.1 Å². The van der Waals surface area contributed by atoms with Gasteiger partial charge in [0.05, 0.1) is 16.8 Å². The molecular weight excluding hydrogens is 416 g/mol. The molecule has 11 heteroatoms. The Morgan fingerprint density at radius 1 is 0.889 bits per heavy atom. The highest BCUT2D eigenvalue weighted by Gasteiger charge is 2.37. The molecule has 0 saturated heterocycles. The van der Waals surface area contributed by atoms with E-state index >= 15 is 0 Å². The van der Waals surface area contributed by atoms with Gasteiger partial charge in [0.2, 0.25) is 0 Å². The van der Waals surface area contributed by atoms with Crippen molar-refractivity contribution in [1.29, 1.82) is 0 Å². The molecule has 0 bridgehead atoms. The second-order valence-electron chi connectivity index (χ2n) is 5.46. The molecule has 0 fully saturated rings. The maximum absolute atomic E-state index is 13.1. The van der Waals surface area contributed by atoms with Crippen LogP contribution in [0.5, 0.6) is 0 Å². The number of H-pyrrole nitrogens is 1. The first-order valence-electron chi connectivity index (χ1n) is 7.20. The molecule has 0 amide bonds. The Kier molecular flexibility index (Phi) is 4.81. The van der Waals surface area contributed by atoms with Gasteiger partial charge in [0, 0.05) is 10.6 Å². The minimum atomic E-state index is -4.97. The maximum atomic E-state index is 13.1. The molecule has 3 rings (SSSR count). The minimum Gasteiger partial charge on any atom is -0.268 e. The first-order chi connectivity index (χ1) is 12.5. The van der Waals surface area contributed by atoms with Crippen LogP contribution in [-0.4, -0.2) is 14.8 Å². The Morgan fingerprint density at radius 3 is 1.89 bits per heavy atom. The molecule has 0 atom stereocenters. The van der Waals surface area contributed by atoms with Crippen molar-refractivity contribution in [1.82, 2.24) is 14.8 Å². The number of aromatic nitrogens is 3. The lowest BCUT2D eigenvalue weighted by atomic mass is 10.1. The average Bonchev–Trinajstić information content (AvgIpc) is 2.95. The predicted octanol–water partition coefficient (Wildman–Crippen LogP) is 6.29. The standard InChI is InChI=1S/C16H8ClF6N3S/c17-11-3-1-8(2-4-11)13-24-25-14(27)26(13)12-6-9(15(18,19)20)5-10(7-12)16(21,22)23/h1-7H,(H,25,27). The molecule has 3 aromatic rings. The molecule has 1 N–H and O–H groups in total. The lowest BCUT2D eigenvalue weighted by molar-refractivity contribution is -0.143. The van der Waals surface area contributed by atoms with Gasteiger partial charge < -0.3 is 0 Å². The molecule has 0 radical (unpaired) electrons. The molecule has 2 aromatic carbocycles. The number of aromatic amines is 1. The summed E-state index contributed by atoms with van der Waals surface area (Å²) < 4.78 is 79.5. The first kappa shape index (κ1) is 19.4. The van der Waals surface area contributed by atoms with Gasteiger partial charge in [-0.2, -0.15) is 31.4 Å². The van der Waals surface area contributed by atoms with Crippen LogP contribution in [0.25, 0.3) is 17.1 Å². The van der Waals surface area contributed by atoms with Crippen molar-refractivity contribution in [2.75, 3.05) is 0 Å². The fourth-order valence-corrected chi connectivity index (χ4v) is 2.76. The summed E-state index contributed by atoms with van der Waals surface area (Å²) >= 11 is 10.8. The zero-order valence-electron chi connectivity index (χ0n) is 13.0. The molecule has 1 aromatic heterocycles. The number of benzene rings is 2. The normalized spacial score (nSPS) is 12.4. The number of hydrogen-bond donors (Lipinski definition) is 1. The highest BCUT2D eigenvalue weighted by atomic mass is 35.5. The molecule has 0 aliphatic carbocycles. The molecule has 0 aliphatic rings. The molecule has 0 unspecified atom stereocenters. The van der Waals surface area contributed by atoms with Crippen LogP contribution < -0.4 is 0 Å². The van der Waals surface area contributed by atoms with Crippen LogP contribution >= 0.6 is 23.8 Å². The summed E-state index contributed by atoms with van der Waals surface area (Å²) in [6.45, 7) is 0. The average molecular weight is 424 g/mol. The number of rotatable bonds is 2. The predicted molar refractivity (Wildman–Crippen MR) is 89.2 cm³/mol. The van der Waals surface area contributed by atoms with Gasteiger partial charge in [-0.05, 0) is 54.7 Å². The first-order valence-corrected chi connectivity index (χ1v) is 7.98. The van der Waals surface area contributed by atoms with Crippen LogP contribution in [-0.2, 0) is 12.4 Å². The van der Waals surface area contributed by atoms with Crippen LogP contribution in [0, 0.1) is 4.77 Å². The van der Waals surface area contributed by atoms with Crippen molar-refractivity contribution in [3.63, 3.8) is 0 Å². The van der Waals surface area contributed by atoms with E-state index in [9.17, 15) is 26.3 Å². The second-order valence-corrected chi connectivity index (χ2v) is 6.28. The third-order valence-corrected chi connectivity index (χ3v) is 4.13. The van der Waals surface area contributed by atoms with Crippen molar-refractivity contribution < 1.29 is 26.3 Å². The van der Waals surface area contributed by atoms with Crippen LogP contribution in [0.4, 0.5) is 26.3 Å². The summed E-state index contributed by atoms with van der Waals surface area (Å²) in [5.41, 5.74) is -2.91. The van der Waals surface area contributed by atoms with Gasteiger partial charge in [0.1, 0.15) is 0 Å². The number of alkyl halides is 6. The Balaban J connectivity index is 2.27. The number of nitrogens with zero attached hydrogens (tertiary/aromatic N) is 2. The summed E-state index contributed by atoms with van der Waals surface area (Å²) in [4.78, 5) is 0. The highest BCUT2D eigenvalue weighted by molar-refractivity contribution is 7.71. The summed E-state index contributed by atoms with van der Waals surface area (Å²) in [5, 5.41) is 6.70. The number of hydrogen-bond acceptors (Lipinski definition) is 2. The summed E-state index contributed by atoms with van der Waals surface area (Å²) in [6.07, 6.45) is -9.94. The van der Waals surface area contributed by atoms with E-state index in [2.05, 4.69) is 10.2 Å². The molecule has 27 heavy (non-hydrogen) atoms. The third kappa shape index (κ3) is 4.01. The fourth-order valence-electron chi connectivity index (χ4n) is 2.40. The maximum Gasteiger partial charge on any atom is 0.416 e. The molecule has 0 saturated carbocycles. The van der Waals surface area contributed by atoms with Gasteiger partial charge in [-0.25, -0.2) is 0 Å². The Bertz CT molecular complexity index is 1000. The summed E-state index contributed by atoms with van der Waals surface area (Å²) in [5.74, 6) is 0.0455. The molecule has 0 spiro atoms. The number of nitrogens with one attached hydrogen (secondary N) is 1. The van der Waals surface area contributed by atoms with Crippen LogP contribution in [0.15, 0.2) is 42.5 Å². The van der Waals surface area contributed by atoms with Gasteiger partial charge in [0.25, 0.3) is 0 Å². The lowest BCUT2D eigenvalue weighted by Gasteiger charge is -2.15. The summed E-state index contributed by atoms with van der Waals surface area (Å²) in [6, 6.07) is 7.26. The zero-order chi connectivity index (χ0) is 20.0. The van der Waals surface area contributed by atoms with E-state index in [4.69, 9.17) is 23.8 Å². The van der Waals surface area contributed by atoms with E-state index in [1.165, 1.54) is 24.3 Å². The van der Waals surface area contributed by atoms with Gasteiger partial charge >= 0.3 is 12.4 Å². The topological polar surface area (TPSA) is 33.6 Å². The minimum absolute atomic E-state index is 0.0455. The number of halogens is 7. The summed E-state index contributed by atoms with van der Waals surface area (Å²) in [7, 11) is 0. The molecule has 0 aliphatic heterocycles. The highest BCUT2D eigenvalue weighted by Crippen LogP contribution is 2.37. The Labute approximate surface area is 158 Å². The fraction of sp³-hybridized carbons (Fsp3) is 0.125. The van der Waals surface area contributed by atoms with E-state index < -0.39 is 29.2 Å². The van der Waals surface area contributed by atoms with Gasteiger partial charge in [-0.3, -0.25) is 9.67 Å². The molecule has 3 nitrogen and oxygen atoms in total. The molecule has 142 valence electrons. The van der Waals surface area contributed by atoms with Gasteiger partial charge in [-0.15, -0.1) is 0 Å². The molecular formula is C16H8ClF6N3S. The quantitative estimate of drug-likeness (QED) is 0.388. The van der Waals surface area contributed by atoms with E-state index in [0.717, 1.165) is 4.57 Å². The van der Waals surface area contributed by atoms with E-state index in [-0.39, 0.29) is 16.7 Å². The third-order valence-electron chi connectivity index (χ3n) is 3.61. The van der Waals surface area contributed by atoms with Gasteiger partial charge in [0.15, 0.2) is 10.6 Å². The van der Waals surface area contributed by atoms with E-state index in [1.807, 2.05) is 0 Å². The monoisotopic (exact) mass is 423 g/mol. The van der Waals surface area contributed by atoms with Crippen LogP contribution in [0.3, 0.4) is 0 Å². The van der Waals surface area contributed by atoms with Gasteiger partial charge in [-0.1, -0.05) is 11.6 Å². The van der Waals surface area contributed by atoms with Crippen LogP contribution in [0.2, 0.25) is 5.02 Å². The van der Waals surface area contributed by atoms with Crippen molar-refractivity contribution >= 4 is 23.8 Å². The molecule has 1 heterocycles. The van der Waals surface area contributed by atoms with Crippen molar-refractivity contribution in [2.24, 2.45) is 0 Å². The SMILES string of the molecule is FC(F)(F)c1cc(-n2c(-c3ccc(Cl)cc3)n[nH]c2=S)cc(C(F)(F)F)c1. The van der Waals surface area contributed by atoms with E-state index in [0.29, 0.717) is 22.7 Å². The van der Waals surface area contributed by atoms with E-state index in [1.54, 1.807) is 0 Å². The largest absolute Gasteiger partial charge is 0.416 e.